The lowest BCUT2D eigenvalue weighted by Crippen LogP contribution is -2.41. The Hall–Kier alpha value is -1.20. The Labute approximate surface area is 108 Å². The van der Waals surface area contributed by atoms with Gasteiger partial charge in [-0.3, -0.25) is 9.78 Å². The van der Waals surface area contributed by atoms with E-state index in [1.165, 1.54) is 0 Å². The molecule has 4 nitrogen and oxygen atoms in total. The van der Waals surface area contributed by atoms with Crippen molar-refractivity contribution in [1.29, 1.82) is 0 Å². The fraction of sp³-hybridized carbons (Fsp3) is 0.538. The number of pyridine rings is 1. The number of aromatic nitrogens is 1. The number of aldehydes is 1. The predicted octanol–water partition coefficient (Wildman–Crippen LogP) is 1.50. The van der Waals surface area contributed by atoms with Gasteiger partial charge in [-0.15, -0.1) is 0 Å². The number of hydrogen-bond donors (Lipinski definition) is 0. The van der Waals surface area contributed by atoms with E-state index in [-0.39, 0.29) is 0 Å². The summed E-state index contributed by atoms with van der Waals surface area (Å²) in [5, 5.41) is 0. The van der Waals surface area contributed by atoms with Crippen LogP contribution in [0.15, 0.2) is 12.1 Å². The molecule has 1 saturated heterocycles. The molecule has 0 spiro atoms. The van der Waals surface area contributed by atoms with Crippen molar-refractivity contribution in [2.45, 2.75) is 45.8 Å². The van der Waals surface area contributed by atoms with Gasteiger partial charge in [-0.25, -0.2) is 0 Å². The minimum atomic E-state index is -0.519. The van der Waals surface area contributed by atoms with E-state index in [1.54, 1.807) is 6.07 Å². The van der Waals surface area contributed by atoms with Crippen molar-refractivity contribution in [1.82, 2.24) is 4.98 Å². The zero-order chi connectivity index (χ0) is 13.6. The first-order valence-electron chi connectivity index (χ1n) is 6.05. The van der Waals surface area contributed by atoms with E-state index >= 15 is 0 Å². The maximum atomic E-state index is 10.8. The molecule has 1 aliphatic rings. The second kappa shape index (κ2) is 4.18. The minimum Gasteiger partial charge on any atom is -0.398 e. The number of rotatable bonds is 2. The topological polar surface area (TPSA) is 48.4 Å². The zero-order valence-corrected chi connectivity index (χ0v) is 11.5. The highest BCUT2D eigenvalue weighted by molar-refractivity contribution is 6.61. The third-order valence-electron chi connectivity index (χ3n) is 3.75. The molecule has 0 atom stereocenters. The summed E-state index contributed by atoms with van der Waals surface area (Å²) < 4.78 is 11.9. The van der Waals surface area contributed by atoms with E-state index in [9.17, 15) is 4.79 Å². The van der Waals surface area contributed by atoms with Crippen LogP contribution in [0.1, 0.15) is 43.7 Å². The Balaban J connectivity index is 2.37. The molecule has 1 aromatic rings. The van der Waals surface area contributed by atoms with Crippen LogP contribution in [0.5, 0.6) is 0 Å². The highest BCUT2D eigenvalue weighted by Crippen LogP contribution is 2.36. The van der Waals surface area contributed by atoms with Gasteiger partial charge in [0.25, 0.3) is 0 Å². The van der Waals surface area contributed by atoms with Crippen LogP contribution in [0.4, 0.5) is 0 Å². The second-order valence-corrected chi connectivity index (χ2v) is 5.64. The van der Waals surface area contributed by atoms with Gasteiger partial charge >= 0.3 is 7.12 Å². The van der Waals surface area contributed by atoms with Crippen molar-refractivity contribution in [2.75, 3.05) is 0 Å². The SMILES string of the molecule is Cc1ccc(C=O)nc1B1OC(C)(C)C(C)(C)O1. The summed E-state index contributed by atoms with van der Waals surface area (Å²) in [6.07, 6.45) is 0.730. The molecule has 2 heterocycles. The zero-order valence-electron chi connectivity index (χ0n) is 11.5. The Kier molecular flexibility index (Phi) is 3.07. The molecule has 0 amide bonds. The van der Waals surface area contributed by atoms with Crippen molar-refractivity contribution in [3.05, 3.63) is 23.4 Å². The van der Waals surface area contributed by atoms with Crippen molar-refractivity contribution < 1.29 is 14.1 Å². The van der Waals surface area contributed by atoms with Crippen LogP contribution in [-0.4, -0.2) is 29.6 Å². The first-order valence-corrected chi connectivity index (χ1v) is 6.05. The van der Waals surface area contributed by atoms with Crippen molar-refractivity contribution in [3.8, 4) is 0 Å². The van der Waals surface area contributed by atoms with Crippen molar-refractivity contribution in [3.63, 3.8) is 0 Å². The van der Waals surface area contributed by atoms with Gasteiger partial charge in [0.15, 0.2) is 6.29 Å². The van der Waals surface area contributed by atoms with E-state index in [4.69, 9.17) is 9.31 Å². The fourth-order valence-electron chi connectivity index (χ4n) is 1.82. The lowest BCUT2D eigenvalue weighted by Gasteiger charge is -2.32. The van der Waals surface area contributed by atoms with Gasteiger partial charge in [-0.1, -0.05) is 6.07 Å². The van der Waals surface area contributed by atoms with Crippen LogP contribution in [0.2, 0.25) is 0 Å². The highest BCUT2D eigenvalue weighted by Gasteiger charge is 2.52. The summed E-state index contributed by atoms with van der Waals surface area (Å²) in [4.78, 5) is 15.1. The van der Waals surface area contributed by atoms with Crippen LogP contribution >= 0.6 is 0 Å². The third kappa shape index (κ3) is 2.08. The third-order valence-corrected chi connectivity index (χ3v) is 3.75. The summed E-state index contributed by atoms with van der Waals surface area (Å²) >= 11 is 0. The summed E-state index contributed by atoms with van der Waals surface area (Å²) in [6.45, 7) is 9.90. The fourth-order valence-corrected chi connectivity index (χ4v) is 1.82. The molecule has 0 bridgehead atoms. The molecule has 0 N–H and O–H groups in total. The van der Waals surface area contributed by atoms with Crippen molar-refractivity contribution >= 4 is 19.0 Å². The Morgan fingerprint density at radius 1 is 1.17 bits per heavy atom. The standard InChI is InChI=1S/C13H18BNO3/c1-9-6-7-10(8-16)15-11(9)14-17-12(2,3)13(4,5)18-14/h6-8H,1-5H3. The summed E-state index contributed by atoms with van der Waals surface area (Å²) in [6, 6.07) is 3.55. The molecule has 96 valence electrons. The lowest BCUT2D eigenvalue weighted by molar-refractivity contribution is 0.00578. The number of hydrogen-bond acceptors (Lipinski definition) is 4. The van der Waals surface area contributed by atoms with Gasteiger partial charge in [0, 0.05) is 0 Å². The van der Waals surface area contributed by atoms with Gasteiger partial charge in [-0.2, -0.15) is 0 Å². The van der Waals surface area contributed by atoms with Gasteiger partial charge in [-0.05, 0) is 46.2 Å². The van der Waals surface area contributed by atoms with Crippen LogP contribution in [0.3, 0.4) is 0 Å². The Bertz CT molecular complexity index is 469. The van der Waals surface area contributed by atoms with Gasteiger partial charge < -0.3 is 9.31 Å². The molecule has 1 aliphatic heterocycles. The van der Waals surface area contributed by atoms with Gasteiger partial charge in [0.05, 0.1) is 16.8 Å². The molecule has 5 heteroatoms. The van der Waals surface area contributed by atoms with Gasteiger partial charge in [0.1, 0.15) is 5.69 Å². The van der Waals surface area contributed by atoms with Crippen LogP contribution < -0.4 is 5.59 Å². The smallest absolute Gasteiger partial charge is 0.398 e. The molecule has 1 fully saturated rings. The van der Waals surface area contributed by atoms with E-state index in [2.05, 4.69) is 4.98 Å². The maximum absolute atomic E-state index is 10.8. The Morgan fingerprint density at radius 2 is 1.72 bits per heavy atom. The Morgan fingerprint density at radius 3 is 2.22 bits per heavy atom. The molecule has 1 aromatic heterocycles. The van der Waals surface area contributed by atoms with E-state index in [0.29, 0.717) is 11.3 Å². The average molecular weight is 247 g/mol. The van der Waals surface area contributed by atoms with Crippen molar-refractivity contribution in [2.24, 2.45) is 0 Å². The normalized spacial score (nSPS) is 21.1. The molecular formula is C13H18BNO3. The highest BCUT2D eigenvalue weighted by atomic mass is 16.7. The quantitative estimate of drug-likeness (QED) is 0.587. The monoisotopic (exact) mass is 247 g/mol. The molecule has 0 aliphatic carbocycles. The first kappa shape index (κ1) is 13.2. The molecule has 0 saturated carbocycles. The lowest BCUT2D eigenvalue weighted by atomic mass is 9.81. The molecule has 0 unspecified atom stereocenters. The average Bonchev–Trinajstić information content (AvgIpc) is 2.48. The summed E-state index contributed by atoms with van der Waals surface area (Å²) in [7, 11) is -0.519. The minimum absolute atomic E-state index is 0.394. The number of carbonyl (C=O) groups is 1. The number of nitrogens with zero attached hydrogens (tertiary/aromatic N) is 1. The molecular weight excluding hydrogens is 229 g/mol. The van der Waals surface area contributed by atoms with E-state index in [1.807, 2.05) is 40.7 Å². The first-order chi connectivity index (χ1) is 8.27. The van der Waals surface area contributed by atoms with Crippen LogP contribution in [0, 0.1) is 6.92 Å². The summed E-state index contributed by atoms with van der Waals surface area (Å²) in [5.74, 6) is 0. The summed E-state index contributed by atoms with van der Waals surface area (Å²) in [5.41, 5.74) is 1.23. The number of aryl methyl sites for hydroxylation is 1. The predicted molar refractivity (Wildman–Crippen MR) is 70.1 cm³/mol. The van der Waals surface area contributed by atoms with E-state index in [0.717, 1.165) is 11.8 Å². The molecule has 0 radical (unpaired) electrons. The van der Waals surface area contributed by atoms with Crippen LogP contribution in [0.25, 0.3) is 0 Å². The van der Waals surface area contributed by atoms with Crippen LogP contribution in [-0.2, 0) is 9.31 Å². The van der Waals surface area contributed by atoms with Gasteiger partial charge in [0.2, 0.25) is 0 Å². The molecule has 0 aromatic carbocycles. The molecule has 2 rings (SSSR count). The largest absolute Gasteiger partial charge is 0.514 e. The van der Waals surface area contributed by atoms with E-state index < -0.39 is 18.3 Å². The maximum Gasteiger partial charge on any atom is 0.514 e. The molecule has 18 heavy (non-hydrogen) atoms. The number of carbonyl (C=O) groups excluding carboxylic acids is 1. The second-order valence-electron chi connectivity index (χ2n) is 5.64.